The van der Waals surface area contributed by atoms with Crippen LogP contribution in [0.25, 0.3) is 10.9 Å². The van der Waals surface area contributed by atoms with Crippen LogP contribution in [0.5, 0.6) is 5.75 Å². The van der Waals surface area contributed by atoms with Crippen molar-refractivity contribution >= 4 is 22.5 Å². The van der Waals surface area contributed by atoms with Gasteiger partial charge in [0.15, 0.2) is 0 Å². The maximum absolute atomic E-state index is 5.73. The molecule has 0 fully saturated rings. The summed E-state index contributed by atoms with van der Waals surface area (Å²) >= 11 is 5.73. The van der Waals surface area contributed by atoms with Gasteiger partial charge in [0.1, 0.15) is 5.75 Å². The van der Waals surface area contributed by atoms with Crippen molar-refractivity contribution in [1.82, 2.24) is 10.2 Å². The molecule has 0 aliphatic carbocycles. The van der Waals surface area contributed by atoms with Gasteiger partial charge in [-0.1, -0.05) is 0 Å². The number of methoxy groups -OCH3 is 1. The molecule has 3 nitrogen and oxygen atoms in total. The fourth-order valence-electron chi connectivity index (χ4n) is 1.27. The summed E-state index contributed by atoms with van der Waals surface area (Å²) in [4.78, 5) is 0. The van der Waals surface area contributed by atoms with E-state index in [4.69, 9.17) is 16.3 Å². The molecular formula is C9H9ClN2O. The maximum Gasteiger partial charge on any atom is 0.119 e. The predicted octanol–water partition coefficient (Wildman–Crippen LogP) is 2.31. The van der Waals surface area contributed by atoms with Crippen molar-refractivity contribution in [3.8, 4) is 5.75 Å². The molecular weight excluding hydrogens is 188 g/mol. The molecule has 0 aliphatic rings. The Morgan fingerprint density at radius 2 is 2.38 bits per heavy atom. The third kappa shape index (κ3) is 1.35. The van der Waals surface area contributed by atoms with E-state index in [1.807, 2.05) is 18.2 Å². The first kappa shape index (κ1) is 8.38. The normalized spacial score (nSPS) is 10.6. The summed E-state index contributed by atoms with van der Waals surface area (Å²) in [5, 5.41) is 8.00. The zero-order valence-corrected chi connectivity index (χ0v) is 7.93. The number of alkyl halides is 1. The Hall–Kier alpha value is -1.22. The summed E-state index contributed by atoms with van der Waals surface area (Å²) in [6.45, 7) is 0. The molecule has 4 heteroatoms. The number of fused-ring (bicyclic) bond motifs is 1. The second-order valence-corrected chi connectivity index (χ2v) is 2.99. The highest BCUT2D eigenvalue weighted by molar-refractivity contribution is 6.17. The Labute approximate surface area is 80.7 Å². The average molecular weight is 197 g/mol. The van der Waals surface area contributed by atoms with E-state index < -0.39 is 0 Å². The fourth-order valence-corrected chi connectivity index (χ4v) is 1.47. The first-order valence-electron chi connectivity index (χ1n) is 3.92. The first-order valence-corrected chi connectivity index (χ1v) is 4.45. The van der Waals surface area contributed by atoms with Crippen LogP contribution in [0.4, 0.5) is 0 Å². The Kier molecular flexibility index (Phi) is 2.10. The largest absolute Gasteiger partial charge is 0.497 e. The van der Waals surface area contributed by atoms with E-state index >= 15 is 0 Å². The lowest BCUT2D eigenvalue weighted by Crippen LogP contribution is -1.82. The minimum atomic E-state index is 0.434. The second kappa shape index (κ2) is 3.26. The maximum atomic E-state index is 5.73. The quantitative estimate of drug-likeness (QED) is 0.749. The number of nitrogens with zero attached hydrogens (tertiary/aromatic N) is 1. The number of aromatic amines is 1. The number of ether oxygens (including phenoxy) is 1. The molecule has 0 radical (unpaired) electrons. The van der Waals surface area contributed by atoms with Crippen LogP contribution in [0.15, 0.2) is 18.2 Å². The number of hydrogen-bond acceptors (Lipinski definition) is 2. The molecule has 0 amide bonds. The third-order valence-corrected chi connectivity index (χ3v) is 2.24. The summed E-state index contributed by atoms with van der Waals surface area (Å²) < 4.78 is 5.11. The van der Waals surface area contributed by atoms with E-state index in [1.165, 1.54) is 0 Å². The highest BCUT2D eigenvalue weighted by Crippen LogP contribution is 2.22. The van der Waals surface area contributed by atoms with Crippen molar-refractivity contribution < 1.29 is 4.74 Å². The number of rotatable bonds is 2. The lowest BCUT2D eigenvalue weighted by Gasteiger charge is -1.98. The second-order valence-electron chi connectivity index (χ2n) is 2.72. The van der Waals surface area contributed by atoms with Crippen molar-refractivity contribution in [1.29, 1.82) is 0 Å². The predicted molar refractivity (Wildman–Crippen MR) is 52.2 cm³/mol. The van der Waals surface area contributed by atoms with Gasteiger partial charge in [-0.25, -0.2) is 0 Å². The minimum absolute atomic E-state index is 0.434. The molecule has 0 unspecified atom stereocenters. The highest BCUT2D eigenvalue weighted by Gasteiger charge is 2.04. The van der Waals surface area contributed by atoms with Crippen LogP contribution in [-0.2, 0) is 5.88 Å². The molecule has 1 heterocycles. The zero-order chi connectivity index (χ0) is 9.26. The van der Waals surface area contributed by atoms with Crippen LogP contribution in [0, 0.1) is 0 Å². The van der Waals surface area contributed by atoms with Crippen LogP contribution in [-0.4, -0.2) is 17.3 Å². The van der Waals surface area contributed by atoms with Gasteiger partial charge in [0.05, 0.1) is 24.2 Å². The smallest absolute Gasteiger partial charge is 0.119 e. The van der Waals surface area contributed by atoms with E-state index in [9.17, 15) is 0 Å². The SMILES string of the molecule is COc1ccc2n[nH]c(CCl)c2c1. The molecule has 0 aliphatic heterocycles. The number of hydrogen-bond donors (Lipinski definition) is 1. The van der Waals surface area contributed by atoms with E-state index in [-0.39, 0.29) is 0 Å². The van der Waals surface area contributed by atoms with Crippen LogP contribution in [0.2, 0.25) is 0 Å². The van der Waals surface area contributed by atoms with Gasteiger partial charge in [-0.15, -0.1) is 11.6 Å². The Balaban J connectivity index is 2.64. The summed E-state index contributed by atoms with van der Waals surface area (Å²) in [5.41, 5.74) is 1.84. The lowest BCUT2D eigenvalue weighted by molar-refractivity contribution is 0.415. The van der Waals surface area contributed by atoms with Gasteiger partial charge in [0, 0.05) is 5.39 Å². The van der Waals surface area contributed by atoms with Crippen LogP contribution in [0.1, 0.15) is 5.69 Å². The minimum Gasteiger partial charge on any atom is -0.497 e. The number of nitrogens with one attached hydrogen (secondary N) is 1. The number of benzene rings is 1. The Bertz CT molecular complexity index is 424. The van der Waals surface area contributed by atoms with Crippen molar-refractivity contribution in [2.75, 3.05) is 7.11 Å². The van der Waals surface area contributed by atoms with Crippen LogP contribution >= 0.6 is 11.6 Å². The van der Waals surface area contributed by atoms with Crippen molar-refractivity contribution in [3.05, 3.63) is 23.9 Å². The summed E-state index contributed by atoms with van der Waals surface area (Å²) in [6, 6.07) is 5.71. The monoisotopic (exact) mass is 196 g/mol. The standard InChI is InChI=1S/C9H9ClN2O/c1-13-6-2-3-8-7(4-6)9(5-10)12-11-8/h2-4H,5H2,1H3,(H,11,12). The van der Waals surface area contributed by atoms with Gasteiger partial charge >= 0.3 is 0 Å². The van der Waals surface area contributed by atoms with E-state index in [2.05, 4.69) is 10.2 Å². The van der Waals surface area contributed by atoms with Crippen molar-refractivity contribution in [2.45, 2.75) is 5.88 Å². The molecule has 2 aromatic rings. The number of halogens is 1. The molecule has 0 spiro atoms. The summed E-state index contributed by atoms with van der Waals surface area (Å²) in [5.74, 6) is 1.25. The number of aromatic nitrogens is 2. The van der Waals surface area contributed by atoms with Gasteiger partial charge in [-0.05, 0) is 18.2 Å². The molecule has 2 rings (SSSR count). The Morgan fingerprint density at radius 1 is 1.54 bits per heavy atom. The van der Waals surface area contributed by atoms with E-state index in [0.717, 1.165) is 22.3 Å². The van der Waals surface area contributed by atoms with Crippen molar-refractivity contribution in [2.24, 2.45) is 0 Å². The highest BCUT2D eigenvalue weighted by atomic mass is 35.5. The molecule has 68 valence electrons. The van der Waals surface area contributed by atoms with E-state index in [0.29, 0.717) is 5.88 Å². The topological polar surface area (TPSA) is 37.9 Å². The summed E-state index contributed by atoms with van der Waals surface area (Å²) in [7, 11) is 1.64. The van der Waals surface area contributed by atoms with Gasteiger partial charge in [-0.2, -0.15) is 5.10 Å². The van der Waals surface area contributed by atoms with Gasteiger partial charge < -0.3 is 4.74 Å². The van der Waals surface area contributed by atoms with Gasteiger partial charge in [0.2, 0.25) is 0 Å². The molecule has 1 N–H and O–H groups in total. The molecule has 0 saturated heterocycles. The number of H-pyrrole nitrogens is 1. The molecule has 0 bridgehead atoms. The van der Waals surface area contributed by atoms with Crippen LogP contribution in [0.3, 0.4) is 0 Å². The lowest BCUT2D eigenvalue weighted by atomic mass is 10.2. The van der Waals surface area contributed by atoms with Gasteiger partial charge in [-0.3, -0.25) is 5.10 Å². The summed E-state index contributed by atoms with van der Waals surface area (Å²) in [6.07, 6.45) is 0. The average Bonchev–Trinajstić information content (AvgIpc) is 2.59. The van der Waals surface area contributed by atoms with E-state index in [1.54, 1.807) is 7.11 Å². The Morgan fingerprint density at radius 3 is 3.08 bits per heavy atom. The molecule has 0 atom stereocenters. The van der Waals surface area contributed by atoms with Crippen LogP contribution < -0.4 is 4.74 Å². The molecule has 0 saturated carbocycles. The molecule has 13 heavy (non-hydrogen) atoms. The first-order chi connectivity index (χ1) is 6.35. The third-order valence-electron chi connectivity index (χ3n) is 1.97. The fraction of sp³-hybridized carbons (Fsp3) is 0.222. The van der Waals surface area contributed by atoms with Gasteiger partial charge in [0.25, 0.3) is 0 Å². The molecule has 1 aromatic heterocycles. The van der Waals surface area contributed by atoms with Crippen molar-refractivity contribution in [3.63, 3.8) is 0 Å². The molecule has 1 aromatic carbocycles. The zero-order valence-electron chi connectivity index (χ0n) is 7.17.